The Morgan fingerprint density at radius 2 is 2.08 bits per heavy atom. The molecule has 68 valence electrons. The van der Waals surface area contributed by atoms with Crippen molar-refractivity contribution in [1.82, 2.24) is 0 Å². The first-order valence-corrected chi connectivity index (χ1v) is 4.61. The van der Waals surface area contributed by atoms with Crippen molar-refractivity contribution in [3.05, 3.63) is 29.3 Å². The highest BCUT2D eigenvalue weighted by molar-refractivity contribution is 5.53. The molecule has 1 heteroatoms. The molecular formula is C11H19N. The van der Waals surface area contributed by atoms with Crippen LogP contribution in [0.4, 0.5) is 5.69 Å². The number of rotatable bonds is 3. The summed E-state index contributed by atoms with van der Waals surface area (Å²) in [6.45, 7) is 7.43. The Balaban J connectivity index is 0.00000144. The van der Waals surface area contributed by atoms with Crippen molar-refractivity contribution in [2.24, 2.45) is 0 Å². The highest BCUT2D eigenvalue weighted by Gasteiger charge is 1.98. The van der Waals surface area contributed by atoms with E-state index in [1.165, 1.54) is 16.8 Å². The first kappa shape index (κ1) is 9.11. The van der Waals surface area contributed by atoms with Crippen LogP contribution in [0.1, 0.15) is 26.4 Å². The summed E-state index contributed by atoms with van der Waals surface area (Å²) in [7, 11) is 0. The first-order valence-electron chi connectivity index (χ1n) is 4.61. The van der Waals surface area contributed by atoms with Crippen LogP contribution in [0.15, 0.2) is 18.2 Å². The van der Waals surface area contributed by atoms with E-state index in [0.717, 1.165) is 13.0 Å². The maximum absolute atomic E-state index is 3.37. The molecule has 0 aliphatic heterocycles. The molecule has 0 atom stereocenters. The lowest BCUT2D eigenvalue weighted by molar-refractivity contribution is 1.11. The molecule has 0 saturated carbocycles. The lowest BCUT2D eigenvalue weighted by Gasteiger charge is -2.09. The highest BCUT2D eigenvalue weighted by atomic mass is 14.9. The maximum atomic E-state index is 3.37. The van der Waals surface area contributed by atoms with Crippen LogP contribution in [0, 0.1) is 6.92 Å². The van der Waals surface area contributed by atoms with E-state index in [1.807, 2.05) is 0 Å². The summed E-state index contributed by atoms with van der Waals surface area (Å²) in [5.74, 6) is 0. The predicted octanol–water partition coefficient (Wildman–Crippen LogP) is 3.24. The van der Waals surface area contributed by atoms with Crippen LogP contribution in [0.3, 0.4) is 0 Å². The van der Waals surface area contributed by atoms with Gasteiger partial charge in [0, 0.05) is 13.7 Å². The summed E-state index contributed by atoms with van der Waals surface area (Å²) in [5.41, 5.74) is 4.02. The summed E-state index contributed by atoms with van der Waals surface area (Å²) in [4.78, 5) is 0. The quantitative estimate of drug-likeness (QED) is 0.725. The minimum atomic E-state index is 0. The van der Waals surface area contributed by atoms with Crippen LogP contribution in [0.25, 0.3) is 0 Å². The summed E-state index contributed by atoms with van der Waals surface area (Å²) < 4.78 is 0. The third-order valence-electron chi connectivity index (χ3n) is 2.01. The van der Waals surface area contributed by atoms with Gasteiger partial charge in [0.1, 0.15) is 0 Å². The lowest BCUT2D eigenvalue weighted by atomic mass is 10.1. The van der Waals surface area contributed by atoms with Gasteiger partial charge in [0.15, 0.2) is 0 Å². The fraction of sp³-hybridized carbons (Fsp3) is 0.455. The molecule has 0 aliphatic rings. The average molecular weight is 165 g/mol. The third kappa shape index (κ3) is 2.00. The SMILES string of the molecule is CCNc1cc(C)ccc1CC.[HH]. The monoisotopic (exact) mass is 165 g/mol. The van der Waals surface area contributed by atoms with Gasteiger partial charge in [-0.15, -0.1) is 0 Å². The van der Waals surface area contributed by atoms with Gasteiger partial charge in [0.25, 0.3) is 0 Å². The van der Waals surface area contributed by atoms with E-state index in [-0.39, 0.29) is 1.43 Å². The maximum Gasteiger partial charge on any atom is 0.0375 e. The Morgan fingerprint density at radius 1 is 1.33 bits per heavy atom. The number of nitrogens with one attached hydrogen (secondary N) is 1. The lowest BCUT2D eigenvalue weighted by Crippen LogP contribution is -2.00. The van der Waals surface area contributed by atoms with Crippen molar-refractivity contribution < 1.29 is 1.43 Å². The first-order chi connectivity index (χ1) is 5.77. The molecule has 12 heavy (non-hydrogen) atoms. The number of hydrogen-bond acceptors (Lipinski definition) is 1. The van der Waals surface area contributed by atoms with Gasteiger partial charge in [0.2, 0.25) is 0 Å². The topological polar surface area (TPSA) is 12.0 Å². The molecule has 1 aromatic carbocycles. The zero-order valence-electron chi connectivity index (χ0n) is 8.15. The van der Waals surface area contributed by atoms with Gasteiger partial charge < -0.3 is 5.32 Å². The normalized spacial score (nSPS) is 9.92. The van der Waals surface area contributed by atoms with E-state index < -0.39 is 0 Å². The smallest absolute Gasteiger partial charge is 0.0375 e. The van der Waals surface area contributed by atoms with Gasteiger partial charge in [-0.25, -0.2) is 0 Å². The minimum absolute atomic E-state index is 0. The Hall–Kier alpha value is -0.980. The van der Waals surface area contributed by atoms with Crippen molar-refractivity contribution in [3.8, 4) is 0 Å². The Morgan fingerprint density at radius 3 is 2.67 bits per heavy atom. The van der Waals surface area contributed by atoms with Crippen molar-refractivity contribution in [3.63, 3.8) is 0 Å². The Kier molecular flexibility index (Phi) is 3.15. The number of hydrogen-bond donors (Lipinski definition) is 1. The molecule has 0 spiro atoms. The molecule has 1 N–H and O–H groups in total. The fourth-order valence-corrected chi connectivity index (χ4v) is 1.35. The van der Waals surface area contributed by atoms with E-state index in [2.05, 4.69) is 44.3 Å². The Labute approximate surface area is 76.3 Å². The largest absolute Gasteiger partial charge is 0.385 e. The van der Waals surface area contributed by atoms with Crippen LogP contribution in [0.5, 0.6) is 0 Å². The number of aryl methyl sites for hydroxylation is 2. The summed E-state index contributed by atoms with van der Waals surface area (Å²) in [6.07, 6.45) is 1.10. The van der Waals surface area contributed by atoms with Crippen molar-refractivity contribution in [2.75, 3.05) is 11.9 Å². The van der Waals surface area contributed by atoms with Gasteiger partial charge in [-0.3, -0.25) is 0 Å². The zero-order chi connectivity index (χ0) is 8.97. The van der Waals surface area contributed by atoms with Crippen LogP contribution in [-0.2, 0) is 6.42 Å². The molecule has 0 amide bonds. The molecule has 0 fully saturated rings. The molecule has 0 unspecified atom stereocenters. The van der Waals surface area contributed by atoms with Crippen LogP contribution < -0.4 is 5.32 Å². The number of anilines is 1. The van der Waals surface area contributed by atoms with E-state index >= 15 is 0 Å². The fourth-order valence-electron chi connectivity index (χ4n) is 1.35. The van der Waals surface area contributed by atoms with E-state index in [0.29, 0.717) is 0 Å². The number of benzene rings is 1. The molecule has 0 aromatic heterocycles. The second-order valence-electron chi connectivity index (χ2n) is 3.04. The van der Waals surface area contributed by atoms with Gasteiger partial charge in [0.05, 0.1) is 0 Å². The summed E-state index contributed by atoms with van der Waals surface area (Å²) in [6, 6.07) is 6.58. The van der Waals surface area contributed by atoms with Crippen molar-refractivity contribution in [1.29, 1.82) is 0 Å². The van der Waals surface area contributed by atoms with Gasteiger partial charge >= 0.3 is 0 Å². The second kappa shape index (κ2) is 4.15. The van der Waals surface area contributed by atoms with E-state index in [9.17, 15) is 0 Å². The molecule has 1 rings (SSSR count). The van der Waals surface area contributed by atoms with Gasteiger partial charge in [-0.1, -0.05) is 19.1 Å². The summed E-state index contributed by atoms with van der Waals surface area (Å²) >= 11 is 0. The van der Waals surface area contributed by atoms with Crippen LogP contribution >= 0.6 is 0 Å². The summed E-state index contributed by atoms with van der Waals surface area (Å²) in [5, 5.41) is 3.37. The van der Waals surface area contributed by atoms with Gasteiger partial charge in [-0.2, -0.15) is 0 Å². The molecule has 0 bridgehead atoms. The molecule has 0 saturated heterocycles. The molecule has 0 radical (unpaired) electrons. The van der Waals surface area contributed by atoms with E-state index in [4.69, 9.17) is 0 Å². The van der Waals surface area contributed by atoms with E-state index in [1.54, 1.807) is 0 Å². The van der Waals surface area contributed by atoms with Crippen LogP contribution in [-0.4, -0.2) is 6.54 Å². The average Bonchev–Trinajstić information content (AvgIpc) is 2.05. The van der Waals surface area contributed by atoms with Crippen molar-refractivity contribution in [2.45, 2.75) is 27.2 Å². The van der Waals surface area contributed by atoms with Crippen molar-refractivity contribution >= 4 is 5.69 Å². The second-order valence-corrected chi connectivity index (χ2v) is 3.04. The Bertz CT molecular complexity index is 258. The highest BCUT2D eigenvalue weighted by Crippen LogP contribution is 2.17. The molecule has 1 nitrogen and oxygen atoms in total. The van der Waals surface area contributed by atoms with Gasteiger partial charge in [-0.05, 0) is 37.5 Å². The molecular weight excluding hydrogens is 146 g/mol. The van der Waals surface area contributed by atoms with Crippen LogP contribution in [0.2, 0.25) is 0 Å². The molecule has 1 aromatic rings. The molecule has 0 aliphatic carbocycles. The third-order valence-corrected chi connectivity index (χ3v) is 2.01. The molecule has 0 heterocycles. The zero-order valence-corrected chi connectivity index (χ0v) is 8.15. The predicted molar refractivity (Wildman–Crippen MR) is 56.8 cm³/mol. The minimum Gasteiger partial charge on any atom is -0.385 e. The standard InChI is InChI=1S/C11H17N.H2/c1-4-10-7-6-9(3)8-11(10)12-5-2;/h6-8,12H,4-5H2,1-3H3;1H.